The average Bonchev–Trinajstić information content (AvgIpc) is 2.48. The predicted molar refractivity (Wildman–Crippen MR) is 95.9 cm³/mol. The van der Waals surface area contributed by atoms with Gasteiger partial charge in [-0.25, -0.2) is 4.79 Å². The SMILES string of the molecule is CC(C)COc1ccc(C(=O)Oc2ccc(Cl)cc2Cl)cc1Br. The maximum atomic E-state index is 12.2. The molecule has 0 unspecified atom stereocenters. The molecule has 2 rings (SSSR count). The van der Waals surface area contributed by atoms with E-state index in [1.165, 1.54) is 6.07 Å². The van der Waals surface area contributed by atoms with Crippen molar-refractivity contribution >= 4 is 45.1 Å². The number of esters is 1. The third kappa shape index (κ3) is 5.13. The Morgan fingerprint density at radius 3 is 2.43 bits per heavy atom. The van der Waals surface area contributed by atoms with Gasteiger partial charge in [0.1, 0.15) is 11.5 Å². The van der Waals surface area contributed by atoms with Crippen LogP contribution in [0.15, 0.2) is 40.9 Å². The minimum absolute atomic E-state index is 0.261. The fourth-order valence-corrected chi connectivity index (χ4v) is 2.66. The zero-order chi connectivity index (χ0) is 17.0. The summed E-state index contributed by atoms with van der Waals surface area (Å²) in [6, 6.07) is 9.71. The molecular weight excluding hydrogens is 403 g/mol. The van der Waals surface area contributed by atoms with Gasteiger partial charge in [-0.2, -0.15) is 0 Å². The summed E-state index contributed by atoms with van der Waals surface area (Å²) in [6.07, 6.45) is 0. The van der Waals surface area contributed by atoms with Gasteiger partial charge in [-0.15, -0.1) is 0 Å². The van der Waals surface area contributed by atoms with Crippen LogP contribution in [0.5, 0.6) is 11.5 Å². The Labute approximate surface area is 153 Å². The monoisotopic (exact) mass is 416 g/mol. The van der Waals surface area contributed by atoms with Gasteiger partial charge in [0.2, 0.25) is 0 Å². The Hall–Kier alpha value is -1.23. The van der Waals surface area contributed by atoms with Crippen molar-refractivity contribution in [3.05, 3.63) is 56.5 Å². The van der Waals surface area contributed by atoms with Crippen molar-refractivity contribution in [2.45, 2.75) is 13.8 Å². The van der Waals surface area contributed by atoms with Crippen LogP contribution in [0.4, 0.5) is 0 Å². The second-order valence-electron chi connectivity index (χ2n) is 5.31. The molecule has 0 amide bonds. The molecule has 2 aromatic rings. The van der Waals surface area contributed by atoms with E-state index in [4.69, 9.17) is 32.7 Å². The summed E-state index contributed by atoms with van der Waals surface area (Å²) in [7, 11) is 0. The molecule has 2 aromatic carbocycles. The predicted octanol–water partition coefficient (Wildman–Crippen LogP) is 6.01. The maximum absolute atomic E-state index is 12.2. The Bertz CT molecular complexity index is 717. The third-order valence-corrected chi connectivity index (χ3v) is 3.99. The number of hydrogen-bond donors (Lipinski definition) is 0. The van der Waals surface area contributed by atoms with E-state index in [9.17, 15) is 4.79 Å². The zero-order valence-electron chi connectivity index (χ0n) is 12.6. The molecule has 23 heavy (non-hydrogen) atoms. The number of benzene rings is 2. The van der Waals surface area contributed by atoms with Crippen molar-refractivity contribution in [2.75, 3.05) is 6.61 Å². The maximum Gasteiger partial charge on any atom is 0.343 e. The summed E-state index contributed by atoms with van der Waals surface area (Å²) < 4.78 is 11.6. The second-order valence-corrected chi connectivity index (χ2v) is 7.01. The largest absolute Gasteiger partial charge is 0.492 e. The van der Waals surface area contributed by atoms with Crippen molar-refractivity contribution in [3.8, 4) is 11.5 Å². The molecule has 0 aromatic heterocycles. The molecule has 0 bridgehead atoms. The molecule has 0 aliphatic heterocycles. The number of rotatable bonds is 5. The van der Waals surface area contributed by atoms with Crippen molar-refractivity contribution in [1.82, 2.24) is 0 Å². The fourth-order valence-electron chi connectivity index (χ4n) is 1.72. The summed E-state index contributed by atoms with van der Waals surface area (Å²) in [6.45, 7) is 4.73. The Balaban J connectivity index is 2.12. The molecule has 6 heteroatoms. The van der Waals surface area contributed by atoms with Crippen LogP contribution in [0.2, 0.25) is 10.0 Å². The first kappa shape index (κ1) is 18.1. The van der Waals surface area contributed by atoms with E-state index in [2.05, 4.69) is 29.8 Å². The van der Waals surface area contributed by atoms with Crippen molar-refractivity contribution in [1.29, 1.82) is 0 Å². The van der Waals surface area contributed by atoms with Crippen LogP contribution in [0.1, 0.15) is 24.2 Å². The van der Waals surface area contributed by atoms with E-state index in [0.717, 1.165) is 0 Å². The summed E-state index contributed by atoms with van der Waals surface area (Å²) in [5.74, 6) is 0.848. The summed E-state index contributed by atoms with van der Waals surface area (Å²) in [5, 5.41) is 0.756. The molecule has 0 aliphatic rings. The normalized spacial score (nSPS) is 10.7. The lowest BCUT2D eigenvalue weighted by atomic mass is 10.2. The van der Waals surface area contributed by atoms with Crippen LogP contribution in [0.3, 0.4) is 0 Å². The summed E-state index contributed by atoms with van der Waals surface area (Å²) in [5.41, 5.74) is 0.389. The molecule has 3 nitrogen and oxygen atoms in total. The molecule has 0 heterocycles. The van der Waals surface area contributed by atoms with Gasteiger partial charge in [0.25, 0.3) is 0 Å². The van der Waals surface area contributed by atoms with E-state index >= 15 is 0 Å². The van der Waals surface area contributed by atoms with Gasteiger partial charge in [0.15, 0.2) is 0 Å². The van der Waals surface area contributed by atoms with Crippen LogP contribution in [-0.4, -0.2) is 12.6 Å². The molecule has 0 saturated heterocycles. The lowest BCUT2D eigenvalue weighted by Crippen LogP contribution is -2.09. The van der Waals surface area contributed by atoms with E-state index < -0.39 is 5.97 Å². The lowest BCUT2D eigenvalue weighted by molar-refractivity contribution is 0.0734. The summed E-state index contributed by atoms with van der Waals surface area (Å²) >= 11 is 15.2. The molecule has 0 spiro atoms. The third-order valence-electron chi connectivity index (χ3n) is 2.84. The number of halogens is 3. The van der Waals surface area contributed by atoms with Gasteiger partial charge in [-0.05, 0) is 58.2 Å². The second kappa shape index (κ2) is 8.04. The van der Waals surface area contributed by atoms with Gasteiger partial charge in [-0.3, -0.25) is 0 Å². The molecule has 0 radical (unpaired) electrons. The smallest absolute Gasteiger partial charge is 0.343 e. The van der Waals surface area contributed by atoms with Gasteiger partial charge in [0.05, 0.1) is 21.7 Å². The zero-order valence-corrected chi connectivity index (χ0v) is 15.7. The number of carbonyl (C=O) groups excluding carboxylic acids is 1. The highest BCUT2D eigenvalue weighted by atomic mass is 79.9. The molecule has 122 valence electrons. The average molecular weight is 418 g/mol. The number of carbonyl (C=O) groups is 1. The van der Waals surface area contributed by atoms with E-state index in [1.807, 2.05) is 0 Å². The van der Waals surface area contributed by atoms with Crippen LogP contribution >= 0.6 is 39.1 Å². The first-order valence-corrected chi connectivity index (χ1v) is 8.51. The quantitative estimate of drug-likeness (QED) is 0.441. The minimum atomic E-state index is -0.509. The van der Waals surface area contributed by atoms with Gasteiger partial charge in [0, 0.05) is 5.02 Å². The van der Waals surface area contributed by atoms with Crippen LogP contribution in [0, 0.1) is 5.92 Å². The fraction of sp³-hybridized carbons (Fsp3) is 0.235. The Kier molecular flexibility index (Phi) is 6.33. The van der Waals surface area contributed by atoms with Gasteiger partial charge >= 0.3 is 5.97 Å². The van der Waals surface area contributed by atoms with Crippen LogP contribution < -0.4 is 9.47 Å². The molecule has 0 atom stereocenters. The van der Waals surface area contributed by atoms with E-state index in [0.29, 0.717) is 33.3 Å². The van der Waals surface area contributed by atoms with Crippen molar-refractivity contribution in [2.24, 2.45) is 5.92 Å². The highest BCUT2D eigenvalue weighted by Crippen LogP contribution is 2.30. The van der Waals surface area contributed by atoms with Crippen molar-refractivity contribution in [3.63, 3.8) is 0 Å². The molecule has 0 fully saturated rings. The first-order chi connectivity index (χ1) is 10.9. The van der Waals surface area contributed by atoms with Crippen molar-refractivity contribution < 1.29 is 14.3 Å². The molecule has 0 N–H and O–H groups in total. The van der Waals surface area contributed by atoms with E-state index in [1.54, 1.807) is 30.3 Å². The highest BCUT2D eigenvalue weighted by molar-refractivity contribution is 9.10. The molecule has 0 saturated carbocycles. The Morgan fingerprint density at radius 2 is 1.83 bits per heavy atom. The lowest BCUT2D eigenvalue weighted by Gasteiger charge is -2.11. The topological polar surface area (TPSA) is 35.5 Å². The van der Waals surface area contributed by atoms with E-state index in [-0.39, 0.29) is 10.8 Å². The van der Waals surface area contributed by atoms with Crippen LogP contribution in [0.25, 0.3) is 0 Å². The van der Waals surface area contributed by atoms with Gasteiger partial charge < -0.3 is 9.47 Å². The standard InChI is InChI=1S/C17H15BrCl2O3/c1-10(2)9-22-15-5-3-11(7-13(15)18)17(21)23-16-6-4-12(19)8-14(16)20/h3-8,10H,9H2,1-2H3. The first-order valence-electron chi connectivity index (χ1n) is 6.96. The minimum Gasteiger partial charge on any atom is -0.492 e. The van der Waals surface area contributed by atoms with Gasteiger partial charge in [-0.1, -0.05) is 37.0 Å². The number of hydrogen-bond acceptors (Lipinski definition) is 3. The molecule has 0 aliphatic carbocycles. The van der Waals surface area contributed by atoms with Crippen LogP contribution in [-0.2, 0) is 0 Å². The molecular formula is C17H15BrCl2O3. The number of ether oxygens (including phenoxy) is 2. The summed E-state index contributed by atoms with van der Waals surface area (Å²) in [4.78, 5) is 12.2. The Morgan fingerprint density at radius 1 is 1.13 bits per heavy atom. The highest BCUT2D eigenvalue weighted by Gasteiger charge is 2.14.